The Kier molecular flexibility index (Phi) is 9.22. The van der Waals surface area contributed by atoms with Crippen LogP contribution in [0.3, 0.4) is 0 Å². The summed E-state index contributed by atoms with van der Waals surface area (Å²) in [5.74, 6) is -1.33. The van der Waals surface area contributed by atoms with Crippen LogP contribution in [0.4, 0.5) is 0 Å². The normalized spacial score (nSPS) is 11.1. The molecule has 0 radical (unpaired) electrons. The lowest BCUT2D eigenvalue weighted by Crippen LogP contribution is -2.12. The molecule has 0 aliphatic carbocycles. The Morgan fingerprint density at radius 2 is 0.766 bits per heavy atom. The van der Waals surface area contributed by atoms with E-state index in [9.17, 15) is 18.0 Å². The number of esters is 2. The highest BCUT2D eigenvalue weighted by Crippen LogP contribution is 2.46. The number of halogens is 2. The molecule has 6 aromatic carbocycles. The van der Waals surface area contributed by atoms with Crippen LogP contribution in [-0.4, -0.2) is 20.4 Å². The molecule has 0 heterocycles. The quantitative estimate of drug-likeness (QED) is 0.118. The zero-order chi connectivity index (χ0) is 33.0. The molecule has 0 saturated heterocycles. The van der Waals surface area contributed by atoms with Crippen LogP contribution in [0.1, 0.15) is 20.7 Å². The maximum Gasteiger partial charge on any atom is 0.343 e. The van der Waals surface area contributed by atoms with Crippen LogP contribution in [0, 0.1) is 0 Å². The second-order valence-electron chi connectivity index (χ2n) is 10.2. The predicted molar refractivity (Wildman–Crippen MR) is 182 cm³/mol. The van der Waals surface area contributed by atoms with E-state index in [0.717, 1.165) is 0 Å². The summed E-state index contributed by atoms with van der Waals surface area (Å²) in [5, 5.41) is -0.135. The van der Waals surface area contributed by atoms with Gasteiger partial charge in [0.15, 0.2) is 11.5 Å². The molecule has 6 aromatic rings. The number of benzene rings is 6. The van der Waals surface area contributed by atoms with Crippen LogP contribution in [0.15, 0.2) is 155 Å². The molecule has 6 nitrogen and oxygen atoms in total. The van der Waals surface area contributed by atoms with Gasteiger partial charge in [0.05, 0.1) is 31.0 Å². The number of hydrogen-bond donors (Lipinski definition) is 0. The van der Waals surface area contributed by atoms with Crippen molar-refractivity contribution < 1.29 is 27.5 Å². The molecule has 0 atom stereocenters. The Hall–Kier alpha value is -5.21. The van der Waals surface area contributed by atoms with E-state index in [1.807, 2.05) is 0 Å². The first kappa shape index (κ1) is 31.8. The van der Waals surface area contributed by atoms with Gasteiger partial charge in [0.2, 0.25) is 9.84 Å². The summed E-state index contributed by atoms with van der Waals surface area (Å²) in [4.78, 5) is 25.5. The van der Waals surface area contributed by atoms with Gasteiger partial charge in [-0.15, -0.1) is 0 Å². The maximum absolute atomic E-state index is 14.7. The highest BCUT2D eigenvalue weighted by Gasteiger charge is 2.31. The van der Waals surface area contributed by atoms with Gasteiger partial charge in [-0.05, 0) is 59.7 Å². The molecule has 0 fully saturated rings. The number of carbonyl (C=O) groups is 2. The SMILES string of the molecule is O=C(Oc1ccc(S(=O)(=O)c2ccc(OC(=O)c3ccccc3)c(Cl)c2-c2ccccc2)c(-c2ccccc2)c1Cl)c1ccccc1. The summed E-state index contributed by atoms with van der Waals surface area (Å²) in [6, 6.07) is 39.5. The van der Waals surface area contributed by atoms with Crippen LogP contribution in [-0.2, 0) is 9.84 Å². The van der Waals surface area contributed by atoms with Crippen LogP contribution >= 0.6 is 23.2 Å². The van der Waals surface area contributed by atoms with E-state index in [1.165, 1.54) is 24.3 Å². The predicted octanol–water partition coefficient (Wildman–Crippen LogP) is 9.60. The van der Waals surface area contributed by atoms with Crippen molar-refractivity contribution >= 4 is 45.0 Å². The summed E-state index contributed by atoms with van der Waals surface area (Å²) in [6.07, 6.45) is 0. The molecule has 0 spiro atoms. The van der Waals surface area contributed by atoms with Crippen LogP contribution in [0.2, 0.25) is 10.0 Å². The lowest BCUT2D eigenvalue weighted by molar-refractivity contribution is 0.0725. The molecule has 47 heavy (non-hydrogen) atoms. The molecular weight excluding hydrogens is 655 g/mol. The van der Waals surface area contributed by atoms with Gasteiger partial charge in [-0.1, -0.05) is 120 Å². The van der Waals surface area contributed by atoms with Gasteiger partial charge >= 0.3 is 11.9 Å². The topological polar surface area (TPSA) is 86.7 Å². The van der Waals surface area contributed by atoms with Gasteiger partial charge in [-0.2, -0.15) is 0 Å². The molecule has 0 aliphatic heterocycles. The first-order valence-electron chi connectivity index (χ1n) is 14.3. The minimum atomic E-state index is -4.39. The second kappa shape index (κ2) is 13.6. The molecular formula is C38H24Cl2O6S. The van der Waals surface area contributed by atoms with Crippen molar-refractivity contribution in [2.75, 3.05) is 0 Å². The van der Waals surface area contributed by atoms with E-state index in [4.69, 9.17) is 32.7 Å². The van der Waals surface area contributed by atoms with Crippen molar-refractivity contribution in [1.29, 1.82) is 0 Å². The Morgan fingerprint density at radius 1 is 0.447 bits per heavy atom. The van der Waals surface area contributed by atoms with Crippen LogP contribution in [0.25, 0.3) is 22.3 Å². The Morgan fingerprint density at radius 3 is 1.11 bits per heavy atom. The largest absolute Gasteiger partial charge is 0.421 e. The van der Waals surface area contributed by atoms with E-state index in [1.54, 1.807) is 121 Å². The minimum absolute atomic E-state index is 0.0113. The smallest absolute Gasteiger partial charge is 0.343 e. The number of ether oxygens (including phenoxy) is 2. The monoisotopic (exact) mass is 678 g/mol. The average molecular weight is 680 g/mol. The summed E-state index contributed by atoms with van der Waals surface area (Å²) in [5.41, 5.74) is 1.85. The third kappa shape index (κ3) is 6.55. The zero-order valence-corrected chi connectivity index (χ0v) is 26.8. The number of carbonyl (C=O) groups excluding carboxylic acids is 2. The van der Waals surface area contributed by atoms with Gasteiger partial charge in [0, 0.05) is 11.1 Å². The van der Waals surface area contributed by atoms with Gasteiger partial charge in [0.25, 0.3) is 0 Å². The minimum Gasteiger partial charge on any atom is -0.421 e. The molecule has 0 saturated carbocycles. The fourth-order valence-corrected chi connectivity index (χ4v) is 7.46. The van der Waals surface area contributed by atoms with E-state index >= 15 is 0 Å². The summed E-state index contributed by atoms with van der Waals surface area (Å²) < 4.78 is 40.7. The average Bonchev–Trinajstić information content (AvgIpc) is 3.11. The van der Waals surface area contributed by atoms with Crippen molar-refractivity contribution in [2.45, 2.75) is 9.79 Å². The van der Waals surface area contributed by atoms with E-state index in [0.29, 0.717) is 22.3 Å². The fraction of sp³-hybridized carbons (Fsp3) is 0. The van der Waals surface area contributed by atoms with Gasteiger partial charge in [-0.3, -0.25) is 0 Å². The summed E-state index contributed by atoms with van der Waals surface area (Å²) in [7, 11) is -4.39. The molecule has 0 amide bonds. The third-order valence-electron chi connectivity index (χ3n) is 7.26. The van der Waals surface area contributed by atoms with Crippen molar-refractivity contribution in [2.24, 2.45) is 0 Å². The van der Waals surface area contributed by atoms with Crippen molar-refractivity contribution in [3.05, 3.63) is 167 Å². The van der Waals surface area contributed by atoms with E-state index < -0.39 is 21.8 Å². The highest BCUT2D eigenvalue weighted by atomic mass is 35.5. The standard InChI is InChI=1S/C38H24Cl2O6S/c39-35-29(45-37(41)27-17-9-3-10-18-27)21-23-31(33(35)25-13-5-1-6-14-25)47(43,44)32-24-22-30(46-38(42)28-19-11-4-12-20-28)36(40)34(32)26-15-7-2-8-16-26/h1-24H. The number of sulfone groups is 1. The molecule has 0 N–H and O–H groups in total. The molecule has 9 heteroatoms. The van der Waals surface area contributed by atoms with Gasteiger partial charge in [0.1, 0.15) is 0 Å². The molecule has 6 rings (SSSR count). The first-order valence-corrected chi connectivity index (χ1v) is 16.5. The lowest BCUT2D eigenvalue weighted by Gasteiger charge is -2.19. The van der Waals surface area contributed by atoms with E-state index in [-0.39, 0.29) is 42.5 Å². The Labute approximate surface area is 281 Å². The molecule has 0 bridgehead atoms. The Balaban J connectivity index is 1.50. The first-order chi connectivity index (χ1) is 22.8. The Bertz CT molecular complexity index is 2040. The van der Waals surface area contributed by atoms with Crippen molar-refractivity contribution in [3.63, 3.8) is 0 Å². The summed E-state index contributed by atoms with van der Waals surface area (Å²) >= 11 is 13.8. The van der Waals surface area contributed by atoms with Gasteiger partial charge < -0.3 is 9.47 Å². The maximum atomic E-state index is 14.7. The van der Waals surface area contributed by atoms with Crippen molar-refractivity contribution in [3.8, 4) is 33.8 Å². The zero-order valence-electron chi connectivity index (χ0n) is 24.5. The molecule has 0 aliphatic rings. The lowest BCUT2D eigenvalue weighted by atomic mass is 10.0. The fourth-order valence-electron chi connectivity index (χ4n) is 5.02. The highest BCUT2D eigenvalue weighted by molar-refractivity contribution is 7.91. The van der Waals surface area contributed by atoms with Crippen LogP contribution in [0.5, 0.6) is 11.5 Å². The summed E-state index contributed by atoms with van der Waals surface area (Å²) in [6.45, 7) is 0. The second-order valence-corrected chi connectivity index (χ2v) is 12.9. The molecule has 0 unspecified atom stereocenters. The third-order valence-corrected chi connectivity index (χ3v) is 9.85. The number of rotatable bonds is 8. The van der Waals surface area contributed by atoms with Gasteiger partial charge in [-0.25, -0.2) is 18.0 Å². The van der Waals surface area contributed by atoms with Crippen molar-refractivity contribution in [1.82, 2.24) is 0 Å². The molecule has 232 valence electrons. The number of hydrogen-bond acceptors (Lipinski definition) is 6. The van der Waals surface area contributed by atoms with Crippen LogP contribution < -0.4 is 9.47 Å². The molecule has 0 aromatic heterocycles. The van der Waals surface area contributed by atoms with E-state index in [2.05, 4.69) is 0 Å².